The fraction of sp³-hybridized carbons (Fsp3) is 0.400. The van der Waals surface area contributed by atoms with Crippen LogP contribution in [0, 0.1) is 0 Å². The van der Waals surface area contributed by atoms with Crippen LogP contribution >= 0.6 is 15.9 Å². The average molecular weight is 260 g/mol. The SMILES string of the molecule is NCc1cccc(C(O)C(O)CBr)c1. The van der Waals surface area contributed by atoms with E-state index in [-0.39, 0.29) is 0 Å². The van der Waals surface area contributed by atoms with Crippen LogP contribution in [0.2, 0.25) is 0 Å². The van der Waals surface area contributed by atoms with Crippen molar-refractivity contribution in [1.29, 1.82) is 0 Å². The quantitative estimate of drug-likeness (QED) is 0.706. The molecule has 14 heavy (non-hydrogen) atoms. The predicted octanol–water partition coefficient (Wildman–Crippen LogP) is 0.935. The molecule has 0 spiro atoms. The lowest BCUT2D eigenvalue weighted by molar-refractivity contribution is 0.0342. The van der Waals surface area contributed by atoms with Gasteiger partial charge in [-0.25, -0.2) is 0 Å². The molecule has 0 radical (unpaired) electrons. The number of benzene rings is 1. The number of halogens is 1. The van der Waals surface area contributed by atoms with Crippen LogP contribution in [-0.4, -0.2) is 21.6 Å². The van der Waals surface area contributed by atoms with Gasteiger partial charge in [0.05, 0.1) is 6.10 Å². The second-order valence-electron chi connectivity index (χ2n) is 3.12. The van der Waals surface area contributed by atoms with Crippen molar-refractivity contribution in [2.45, 2.75) is 18.8 Å². The zero-order valence-corrected chi connectivity index (χ0v) is 9.31. The van der Waals surface area contributed by atoms with E-state index in [0.717, 1.165) is 5.56 Å². The zero-order chi connectivity index (χ0) is 10.6. The lowest BCUT2D eigenvalue weighted by Crippen LogP contribution is -2.19. The maximum Gasteiger partial charge on any atom is 0.106 e. The van der Waals surface area contributed by atoms with Crippen molar-refractivity contribution in [3.05, 3.63) is 35.4 Å². The molecule has 0 heterocycles. The summed E-state index contributed by atoms with van der Waals surface area (Å²) in [6.45, 7) is 0.435. The summed E-state index contributed by atoms with van der Waals surface area (Å²) in [5.74, 6) is 0. The molecule has 1 aromatic carbocycles. The molecule has 0 fully saturated rings. The van der Waals surface area contributed by atoms with Crippen LogP contribution in [0.5, 0.6) is 0 Å². The van der Waals surface area contributed by atoms with Crippen molar-refractivity contribution in [2.24, 2.45) is 5.73 Å². The molecule has 0 aliphatic carbocycles. The molecule has 1 aromatic rings. The van der Waals surface area contributed by atoms with Gasteiger partial charge < -0.3 is 15.9 Å². The monoisotopic (exact) mass is 259 g/mol. The van der Waals surface area contributed by atoms with Crippen molar-refractivity contribution in [3.8, 4) is 0 Å². The van der Waals surface area contributed by atoms with Crippen molar-refractivity contribution in [2.75, 3.05) is 5.33 Å². The lowest BCUT2D eigenvalue weighted by Gasteiger charge is -2.16. The summed E-state index contributed by atoms with van der Waals surface area (Å²) >= 11 is 3.11. The van der Waals surface area contributed by atoms with Gasteiger partial charge in [-0.1, -0.05) is 40.2 Å². The topological polar surface area (TPSA) is 66.5 Å². The third kappa shape index (κ3) is 2.78. The van der Waals surface area contributed by atoms with Crippen molar-refractivity contribution in [1.82, 2.24) is 0 Å². The van der Waals surface area contributed by atoms with E-state index in [1.807, 2.05) is 12.1 Å². The standard InChI is InChI=1S/C10H14BrNO2/c11-5-9(13)10(14)8-3-1-2-7(4-8)6-12/h1-4,9-10,13-14H,5-6,12H2. The molecule has 0 saturated heterocycles. The Labute approximate surface area is 91.7 Å². The number of hydrogen-bond acceptors (Lipinski definition) is 3. The van der Waals surface area contributed by atoms with E-state index in [2.05, 4.69) is 15.9 Å². The van der Waals surface area contributed by atoms with E-state index in [1.54, 1.807) is 12.1 Å². The molecule has 0 saturated carbocycles. The highest BCUT2D eigenvalue weighted by Crippen LogP contribution is 2.19. The molecule has 2 atom stereocenters. The highest BCUT2D eigenvalue weighted by atomic mass is 79.9. The lowest BCUT2D eigenvalue weighted by atomic mass is 10.0. The van der Waals surface area contributed by atoms with Crippen molar-refractivity contribution < 1.29 is 10.2 Å². The molecule has 3 nitrogen and oxygen atoms in total. The summed E-state index contributed by atoms with van der Waals surface area (Å²) in [6.07, 6.45) is -1.65. The van der Waals surface area contributed by atoms with Gasteiger partial charge in [-0.05, 0) is 11.1 Å². The summed E-state index contributed by atoms with van der Waals surface area (Å²) in [5, 5.41) is 19.5. The minimum absolute atomic E-state index is 0.348. The number of hydrogen-bond donors (Lipinski definition) is 3. The molecule has 4 heteroatoms. The van der Waals surface area contributed by atoms with E-state index >= 15 is 0 Å². The molecule has 2 unspecified atom stereocenters. The van der Waals surface area contributed by atoms with Crippen molar-refractivity contribution in [3.63, 3.8) is 0 Å². The van der Waals surface area contributed by atoms with E-state index in [0.29, 0.717) is 17.4 Å². The molecule has 78 valence electrons. The Morgan fingerprint density at radius 1 is 1.36 bits per heavy atom. The average Bonchev–Trinajstić information content (AvgIpc) is 2.27. The normalized spacial score (nSPS) is 15.1. The maximum absolute atomic E-state index is 9.69. The number of nitrogens with two attached hydrogens (primary N) is 1. The van der Waals surface area contributed by atoms with Crippen LogP contribution in [0.4, 0.5) is 0 Å². The highest BCUT2D eigenvalue weighted by molar-refractivity contribution is 9.09. The van der Waals surface area contributed by atoms with Gasteiger partial charge in [-0.3, -0.25) is 0 Å². The Kier molecular flexibility index (Phi) is 4.54. The number of rotatable bonds is 4. The van der Waals surface area contributed by atoms with Crippen LogP contribution in [0.15, 0.2) is 24.3 Å². The van der Waals surface area contributed by atoms with E-state index in [1.165, 1.54) is 0 Å². The van der Waals surface area contributed by atoms with Gasteiger partial charge in [-0.15, -0.1) is 0 Å². The van der Waals surface area contributed by atoms with E-state index < -0.39 is 12.2 Å². The predicted molar refractivity (Wildman–Crippen MR) is 59.1 cm³/mol. The first-order valence-corrected chi connectivity index (χ1v) is 5.52. The molecular formula is C10H14BrNO2. The number of aliphatic hydroxyl groups is 2. The fourth-order valence-electron chi connectivity index (χ4n) is 1.21. The van der Waals surface area contributed by atoms with Crippen LogP contribution in [0.25, 0.3) is 0 Å². The Balaban J connectivity index is 2.83. The van der Waals surface area contributed by atoms with Gasteiger partial charge >= 0.3 is 0 Å². The van der Waals surface area contributed by atoms with E-state index in [9.17, 15) is 10.2 Å². The van der Waals surface area contributed by atoms with Gasteiger partial charge in [0.1, 0.15) is 6.10 Å². The highest BCUT2D eigenvalue weighted by Gasteiger charge is 2.16. The first-order chi connectivity index (χ1) is 6.69. The van der Waals surface area contributed by atoms with Gasteiger partial charge in [-0.2, -0.15) is 0 Å². The second-order valence-corrected chi connectivity index (χ2v) is 3.76. The third-order valence-electron chi connectivity index (χ3n) is 2.05. The minimum atomic E-state index is -0.860. The summed E-state index contributed by atoms with van der Waals surface area (Å²) < 4.78 is 0. The third-order valence-corrected chi connectivity index (χ3v) is 2.71. The number of alkyl halides is 1. The number of aliphatic hydroxyl groups excluding tert-OH is 2. The van der Waals surface area contributed by atoms with Crippen LogP contribution in [0.1, 0.15) is 17.2 Å². The van der Waals surface area contributed by atoms with Gasteiger partial charge in [0, 0.05) is 11.9 Å². The first-order valence-electron chi connectivity index (χ1n) is 4.40. The van der Waals surface area contributed by atoms with Crippen molar-refractivity contribution >= 4 is 15.9 Å². The molecule has 0 bridgehead atoms. The minimum Gasteiger partial charge on any atom is -0.389 e. The van der Waals surface area contributed by atoms with E-state index in [4.69, 9.17) is 5.73 Å². The molecule has 0 aromatic heterocycles. The molecule has 0 aliphatic rings. The van der Waals surface area contributed by atoms with Crippen LogP contribution in [-0.2, 0) is 6.54 Å². The largest absolute Gasteiger partial charge is 0.389 e. The Bertz CT molecular complexity index is 293. The zero-order valence-electron chi connectivity index (χ0n) is 7.73. The fourth-order valence-corrected chi connectivity index (χ4v) is 1.56. The van der Waals surface area contributed by atoms with Gasteiger partial charge in [0.2, 0.25) is 0 Å². The molecule has 4 N–H and O–H groups in total. The Hall–Kier alpha value is -0.420. The summed E-state index contributed by atoms with van der Waals surface area (Å²) in [5.41, 5.74) is 7.12. The molecule has 0 amide bonds. The van der Waals surface area contributed by atoms with Gasteiger partial charge in [0.25, 0.3) is 0 Å². The van der Waals surface area contributed by atoms with Gasteiger partial charge in [0.15, 0.2) is 0 Å². The van der Waals surface area contributed by atoms with Crippen LogP contribution in [0.3, 0.4) is 0 Å². The summed E-state index contributed by atoms with van der Waals surface area (Å²) in [7, 11) is 0. The molecule has 0 aliphatic heterocycles. The van der Waals surface area contributed by atoms with Crippen LogP contribution < -0.4 is 5.73 Å². The summed E-state index contributed by atoms with van der Waals surface area (Å²) in [4.78, 5) is 0. The molecule has 1 rings (SSSR count). The second kappa shape index (κ2) is 5.46. The molecular weight excluding hydrogens is 246 g/mol. The Morgan fingerprint density at radius 3 is 2.64 bits per heavy atom. The first kappa shape index (κ1) is 11.7. The maximum atomic E-state index is 9.69. The summed E-state index contributed by atoms with van der Waals surface area (Å²) in [6, 6.07) is 7.28. The Morgan fingerprint density at radius 2 is 2.07 bits per heavy atom. The smallest absolute Gasteiger partial charge is 0.106 e.